The summed E-state index contributed by atoms with van der Waals surface area (Å²) in [5.41, 5.74) is 1.90. The number of hydrogen-bond acceptors (Lipinski definition) is 6. The van der Waals surface area contributed by atoms with Gasteiger partial charge in [-0.3, -0.25) is 14.5 Å². The SMILES string of the molecule is CCN(Cc1ccc2c(c1)OCO2)C(=O)CCn1c(-c2ccc(OC)cc2)n[nH]c1=S. The summed E-state index contributed by atoms with van der Waals surface area (Å²) in [5, 5.41) is 7.17. The van der Waals surface area contributed by atoms with Crippen molar-refractivity contribution in [1.82, 2.24) is 19.7 Å². The van der Waals surface area contributed by atoms with E-state index in [4.69, 9.17) is 26.4 Å². The van der Waals surface area contributed by atoms with Crippen LogP contribution in [0.25, 0.3) is 11.4 Å². The predicted octanol–water partition coefficient (Wildman–Crippen LogP) is 3.78. The summed E-state index contributed by atoms with van der Waals surface area (Å²) >= 11 is 5.39. The Bertz CT molecular complexity index is 1120. The van der Waals surface area contributed by atoms with Crippen molar-refractivity contribution < 1.29 is 19.0 Å². The number of nitrogens with one attached hydrogen (secondary N) is 1. The summed E-state index contributed by atoms with van der Waals surface area (Å²) in [5.74, 6) is 2.96. The van der Waals surface area contributed by atoms with Crippen LogP contribution < -0.4 is 14.2 Å². The molecule has 2 heterocycles. The summed E-state index contributed by atoms with van der Waals surface area (Å²) in [4.78, 5) is 14.7. The van der Waals surface area contributed by atoms with Gasteiger partial charge in [0.2, 0.25) is 12.7 Å². The lowest BCUT2D eigenvalue weighted by Gasteiger charge is -2.21. The summed E-state index contributed by atoms with van der Waals surface area (Å²) in [7, 11) is 1.62. The predicted molar refractivity (Wildman–Crippen MR) is 118 cm³/mol. The molecule has 3 aromatic rings. The molecule has 4 rings (SSSR count). The Morgan fingerprint density at radius 3 is 2.74 bits per heavy atom. The van der Waals surface area contributed by atoms with E-state index in [1.165, 1.54) is 0 Å². The number of carbonyl (C=O) groups is 1. The molecule has 0 saturated carbocycles. The van der Waals surface area contributed by atoms with Crippen LogP contribution in [0.5, 0.6) is 17.2 Å². The zero-order valence-electron chi connectivity index (χ0n) is 17.5. The Morgan fingerprint density at radius 2 is 2.00 bits per heavy atom. The fourth-order valence-corrected chi connectivity index (χ4v) is 3.71. The van der Waals surface area contributed by atoms with Gasteiger partial charge in [-0.25, -0.2) is 0 Å². The molecule has 1 amide bonds. The Hall–Kier alpha value is -3.33. The lowest BCUT2D eigenvalue weighted by Crippen LogP contribution is -2.31. The summed E-state index contributed by atoms with van der Waals surface area (Å²) < 4.78 is 18.3. The van der Waals surface area contributed by atoms with Crippen LogP contribution in [0.1, 0.15) is 18.9 Å². The molecule has 9 heteroatoms. The molecule has 1 aliphatic rings. The number of methoxy groups -OCH3 is 1. The maximum absolute atomic E-state index is 12.9. The minimum absolute atomic E-state index is 0.0453. The van der Waals surface area contributed by atoms with Crippen LogP contribution in [-0.4, -0.2) is 46.0 Å². The standard InChI is InChI=1S/C22H24N4O4S/c1-3-25(13-15-4-9-18-19(12-15)30-14-29-18)20(27)10-11-26-21(23-24-22(26)31)16-5-7-17(28-2)8-6-16/h4-9,12H,3,10-11,13-14H2,1-2H3,(H,24,31). The van der Waals surface area contributed by atoms with Crippen LogP contribution >= 0.6 is 12.2 Å². The Balaban J connectivity index is 1.44. The molecule has 0 aliphatic carbocycles. The number of carbonyl (C=O) groups excluding carboxylic acids is 1. The second kappa shape index (κ2) is 9.22. The zero-order valence-corrected chi connectivity index (χ0v) is 18.3. The lowest BCUT2D eigenvalue weighted by molar-refractivity contribution is -0.131. The third-order valence-corrected chi connectivity index (χ3v) is 5.51. The molecule has 0 unspecified atom stereocenters. The summed E-state index contributed by atoms with van der Waals surface area (Å²) in [6.07, 6.45) is 0.315. The number of rotatable bonds is 8. The fourth-order valence-electron chi connectivity index (χ4n) is 3.49. The number of nitrogens with zero attached hydrogens (tertiary/aromatic N) is 3. The van der Waals surface area contributed by atoms with E-state index in [1.807, 2.05) is 58.9 Å². The van der Waals surface area contributed by atoms with Crippen molar-refractivity contribution in [3.8, 4) is 28.6 Å². The molecule has 2 aromatic carbocycles. The molecule has 0 atom stereocenters. The smallest absolute Gasteiger partial charge is 0.231 e. The molecule has 0 saturated heterocycles. The first-order valence-electron chi connectivity index (χ1n) is 10.0. The fraction of sp³-hybridized carbons (Fsp3) is 0.318. The van der Waals surface area contributed by atoms with Gasteiger partial charge >= 0.3 is 0 Å². The topological polar surface area (TPSA) is 81.6 Å². The summed E-state index contributed by atoms with van der Waals surface area (Å²) in [6, 6.07) is 13.3. The van der Waals surface area contributed by atoms with Crippen molar-refractivity contribution in [3.05, 3.63) is 52.8 Å². The number of ether oxygens (including phenoxy) is 3. The number of aromatic amines is 1. The normalized spacial score (nSPS) is 12.1. The first-order chi connectivity index (χ1) is 15.1. The van der Waals surface area contributed by atoms with E-state index >= 15 is 0 Å². The molecule has 8 nitrogen and oxygen atoms in total. The number of fused-ring (bicyclic) bond motifs is 1. The largest absolute Gasteiger partial charge is 0.497 e. The lowest BCUT2D eigenvalue weighted by atomic mass is 10.1. The molecule has 1 N–H and O–H groups in total. The van der Waals surface area contributed by atoms with Crippen LogP contribution in [0.3, 0.4) is 0 Å². The van der Waals surface area contributed by atoms with Crippen molar-refractivity contribution in [1.29, 1.82) is 0 Å². The van der Waals surface area contributed by atoms with Crippen LogP contribution in [0.15, 0.2) is 42.5 Å². The van der Waals surface area contributed by atoms with Crippen molar-refractivity contribution in [2.75, 3.05) is 20.4 Å². The Morgan fingerprint density at radius 1 is 1.23 bits per heavy atom. The molecular formula is C22H24N4O4S. The van der Waals surface area contributed by atoms with E-state index in [0.29, 0.717) is 36.7 Å². The van der Waals surface area contributed by atoms with E-state index in [0.717, 1.165) is 28.4 Å². The molecule has 1 aromatic heterocycles. The van der Waals surface area contributed by atoms with E-state index < -0.39 is 0 Å². The monoisotopic (exact) mass is 440 g/mol. The number of hydrogen-bond donors (Lipinski definition) is 1. The van der Waals surface area contributed by atoms with Gasteiger partial charge in [-0.2, -0.15) is 5.10 Å². The molecule has 0 radical (unpaired) electrons. The third-order valence-electron chi connectivity index (χ3n) is 5.20. The van der Waals surface area contributed by atoms with E-state index in [1.54, 1.807) is 7.11 Å². The highest BCUT2D eigenvalue weighted by Crippen LogP contribution is 2.32. The van der Waals surface area contributed by atoms with Crippen molar-refractivity contribution in [3.63, 3.8) is 0 Å². The number of amides is 1. The summed E-state index contributed by atoms with van der Waals surface area (Å²) in [6.45, 7) is 3.75. The second-order valence-electron chi connectivity index (χ2n) is 7.08. The van der Waals surface area contributed by atoms with Gasteiger partial charge in [-0.1, -0.05) is 6.07 Å². The molecule has 1 aliphatic heterocycles. The van der Waals surface area contributed by atoms with Crippen molar-refractivity contribution >= 4 is 18.1 Å². The average Bonchev–Trinajstić information content (AvgIpc) is 3.41. The molecule has 0 bridgehead atoms. The van der Waals surface area contributed by atoms with Crippen LogP contribution in [0, 0.1) is 4.77 Å². The maximum Gasteiger partial charge on any atom is 0.231 e. The molecule has 162 valence electrons. The second-order valence-corrected chi connectivity index (χ2v) is 7.46. The van der Waals surface area contributed by atoms with Gasteiger partial charge in [0.05, 0.1) is 7.11 Å². The van der Waals surface area contributed by atoms with E-state index in [9.17, 15) is 4.79 Å². The maximum atomic E-state index is 12.9. The number of benzene rings is 2. The minimum atomic E-state index is 0.0453. The van der Waals surface area contributed by atoms with Gasteiger partial charge in [-0.15, -0.1) is 0 Å². The Kier molecular flexibility index (Phi) is 6.22. The first-order valence-corrected chi connectivity index (χ1v) is 10.5. The van der Waals surface area contributed by atoms with Crippen molar-refractivity contribution in [2.45, 2.75) is 26.4 Å². The van der Waals surface area contributed by atoms with Gasteiger partial charge in [0, 0.05) is 31.6 Å². The molecule has 0 fully saturated rings. The quantitative estimate of drug-likeness (QED) is 0.537. The van der Waals surface area contributed by atoms with Gasteiger partial charge in [0.25, 0.3) is 0 Å². The highest BCUT2D eigenvalue weighted by atomic mass is 32.1. The van der Waals surface area contributed by atoms with Crippen LogP contribution in [0.4, 0.5) is 0 Å². The van der Waals surface area contributed by atoms with Crippen LogP contribution in [0.2, 0.25) is 0 Å². The molecule has 31 heavy (non-hydrogen) atoms. The highest BCUT2D eigenvalue weighted by molar-refractivity contribution is 7.71. The van der Waals surface area contributed by atoms with E-state index in [-0.39, 0.29) is 12.7 Å². The first kappa shape index (κ1) is 20.9. The Labute approximate surface area is 185 Å². The van der Waals surface area contributed by atoms with Gasteiger partial charge < -0.3 is 19.1 Å². The third kappa shape index (κ3) is 4.56. The minimum Gasteiger partial charge on any atom is -0.497 e. The van der Waals surface area contributed by atoms with Gasteiger partial charge in [0.1, 0.15) is 5.75 Å². The van der Waals surface area contributed by atoms with E-state index in [2.05, 4.69) is 10.2 Å². The number of aromatic nitrogens is 3. The average molecular weight is 441 g/mol. The molecular weight excluding hydrogens is 416 g/mol. The molecule has 0 spiro atoms. The van der Waals surface area contributed by atoms with Crippen molar-refractivity contribution in [2.24, 2.45) is 0 Å². The zero-order chi connectivity index (χ0) is 21.8. The number of H-pyrrole nitrogens is 1. The van der Waals surface area contributed by atoms with Crippen LogP contribution in [-0.2, 0) is 17.9 Å². The highest BCUT2D eigenvalue weighted by Gasteiger charge is 2.18. The van der Waals surface area contributed by atoms with Gasteiger partial charge in [0.15, 0.2) is 22.1 Å². The van der Waals surface area contributed by atoms with Gasteiger partial charge in [-0.05, 0) is 61.1 Å².